The van der Waals surface area contributed by atoms with Crippen molar-refractivity contribution in [1.82, 2.24) is 9.47 Å². The third-order valence-corrected chi connectivity index (χ3v) is 5.20. The summed E-state index contributed by atoms with van der Waals surface area (Å²) in [6.07, 6.45) is 3.42. The summed E-state index contributed by atoms with van der Waals surface area (Å²) in [5.74, 6) is 0. The number of benzene rings is 1. The quantitative estimate of drug-likeness (QED) is 0.595. The molecule has 1 aromatic carbocycles. The molecule has 0 amide bonds. The van der Waals surface area contributed by atoms with Crippen molar-refractivity contribution < 1.29 is 4.57 Å². The predicted octanol–water partition coefficient (Wildman–Crippen LogP) is 4.14. The van der Waals surface area contributed by atoms with Crippen LogP contribution in [0.15, 0.2) is 36.5 Å². The SMILES string of the molecule is CCC[n+]1ccc2c3ccccc3n(CCN(CC)CC)c2c1C. The van der Waals surface area contributed by atoms with Crippen LogP contribution >= 0.6 is 0 Å². The molecular weight excluding hydrogens is 294 g/mol. The van der Waals surface area contributed by atoms with E-state index in [4.69, 9.17) is 0 Å². The summed E-state index contributed by atoms with van der Waals surface area (Å²) in [5, 5.41) is 2.76. The minimum absolute atomic E-state index is 1.04. The van der Waals surface area contributed by atoms with Crippen molar-refractivity contribution in [3.8, 4) is 0 Å². The standard InChI is InChI=1S/C21H30N3/c1-5-13-23-14-12-19-18-10-8-9-11-20(18)24(21(19)17(23)4)16-15-22(6-2)7-3/h8-12,14H,5-7,13,15-16H2,1-4H3/q+1. The van der Waals surface area contributed by atoms with E-state index in [1.54, 1.807) is 0 Å². The van der Waals surface area contributed by atoms with Crippen LogP contribution < -0.4 is 4.57 Å². The number of pyridine rings is 1. The summed E-state index contributed by atoms with van der Waals surface area (Å²) < 4.78 is 4.93. The van der Waals surface area contributed by atoms with Crippen LogP contribution in [0.3, 0.4) is 0 Å². The van der Waals surface area contributed by atoms with Gasteiger partial charge in [0.2, 0.25) is 5.69 Å². The van der Waals surface area contributed by atoms with E-state index < -0.39 is 0 Å². The highest BCUT2D eigenvalue weighted by Crippen LogP contribution is 2.29. The predicted molar refractivity (Wildman–Crippen MR) is 102 cm³/mol. The maximum Gasteiger partial charge on any atom is 0.202 e. The van der Waals surface area contributed by atoms with E-state index in [1.807, 2.05) is 0 Å². The Kier molecular flexibility index (Phi) is 5.20. The van der Waals surface area contributed by atoms with Gasteiger partial charge in [-0.2, -0.15) is 0 Å². The van der Waals surface area contributed by atoms with Crippen LogP contribution in [0.2, 0.25) is 0 Å². The van der Waals surface area contributed by atoms with Gasteiger partial charge in [0.1, 0.15) is 12.1 Å². The number of hydrogen-bond donors (Lipinski definition) is 0. The molecule has 3 aromatic rings. The number of fused-ring (bicyclic) bond motifs is 3. The van der Waals surface area contributed by atoms with Crippen molar-refractivity contribution in [2.75, 3.05) is 19.6 Å². The largest absolute Gasteiger partial charge is 0.334 e. The number of para-hydroxylation sites is 1. The summed E-state index contributed by atoms with van der Waals surface area (Å²) in [5.41, 5.74) is 4.14. The van der Waals surface area contributed by atoms with Crippen molar-refractivity contribution in [2.45, 2.75) is 47.2 Å². The Morgan fingerprint density at radius 3 is 2.46 bits per heavy atom. The normalized spacial score (nSPS) is 11.9. The van der Waals surface area contributed by atoms with Crippen LogP contribution in [0.1, 0.15) is 32.9 Å². The highest BCUT2D eigenvalue weighted by Gasteiger charge is 2.18. The molecule has 128 valence electrons. The Balaban J connectivity index is 2.17. The molecule has 3 heteroatoms. The zero-order valence-corrected chi connectivity index (χ0v) is 15.5. The number of aromatic nitrogens is 2. The minimum Gasteiger partial charge on any atom is -0.334 e. The van der Waals surface area contributed by atoms with Gasteiger partial charge in [0, 0.05) is 48.8 Å². The lowest BCUT2D eigenvalue weighted by Gasteiger charge is -2.19. The van der Waals surface area contributed by atoms with Gasteiger partial charge in [-0.25, -0.2) is 4.57 Å². The Bertz CT molecular complexity index is 828. The lowest BCUT2D eigenvalue weighted by Crippen LogP contribution is -2.37. The lowest BCUT2D eigenvalue weighted by atomic mass is 10.1. The third-order valence-electron chi connectivity index (χ3n) is 5.20. The number of aryl methyl sites for hydroxylation is 2. The van der Waals surface area contributed by atoms with E-state index in [2.05, 4.69) is 78.3 Å². The number of nitrogens with zero attached hydrogens (tertiary/aromatic N) is 3. The van der Waals surface area contributed by atoms with Gasteiger partial charge in [0.15, 0.2) is 6.20 Å². The third kappa shape index (κ3) is 2.93. The lowest BCUT2D eigenvalue weighted by molar-refractivity contribution is -0.701. The molecule has 24 heavy (non-hydrogen) atoms. The maximum atomic E-state index is 2.53. The fourth-order valence-electron chi connectivity index (χ4n) is 3.80. The van der Waals surface area contributed by atoms with Gasteiger partial charge in [0.05, 0.1) is 0 Å². The number of hydrogen-bond acceptors (Lipinski definition) is 1. The first-order valence-electron chi connectivity index (χ1n) is 9.33. The molecule has 0 fully saturated rings. The van der Waals surface area contributed by atoms with Gasteiger partial charge in [-0.05, 0) is 19.2 Å². The average molecular weight is 324 g/mol. The Morgan fingerprint density at radius 1 is 1.00 bits per heavy atom. The Labute approximate surface area is 145 Å². The van der Waals surface area contributed by atoms with Crippen LogP contribution in [-0.2, 0) is 13.1 Å². The van der Waals surface area contributed by atoms with Crippen molar-refractivity contribution in [1.29, 1.82) is 0 Å². The summed E-state index contributed by atoms with van der Waals surface area (Å²) in [6.45, 7) is 14.5. The fourth-order valence-corrected chi connectivity index (χ4v) is 3.80. The van der Waals surface area contributed by atoms with E-state index in [-0.39, 0.29) is 0 Å². The van der Waals surface area contributed by atoms with Gasteiger partial charge < -0.3 is 9.47 Å². The van der Waals surface area contributed by atoms with Gasteiger partial charge in [-0.3, -0.25) is 0 Å². The summed E-state index contributed by atoms with van der Waals surface area (Å²) in [6, 6.07) is 11.1. The molecule has 0 bridgehead atoms. The van der Waals surface area contributed by atoms with Crippen molar-refractivity contribution in [3.63, 3.8) is 0 Å². The number of likely N-dealkylation sites (N-methyl/N-ethyl adjacent to an activating group) is 1. The van der Waals surface area contributed by atoms with Crippen LogP contribution in [0, 0.1) is 6.92 Å². The van der Waals surface area contributed by atoms with E-state index in [0.29, 0.717) is 0 Å². The highest BCUT2D eigenvalue weighted by molar-refractivity contribution is 6.08. The molecular formula is C21H30N3+. The second-order valence-corrected chi connectivity index (χ2v) is 6.55. The van der Waals surface area contributed by atoms with E-state index in [0.717, 1.165) is 39.1 Å². The van der Waals surface area contributed by atoms with Crippen molar-refractivity contribution >= 4 is 21.8 Å². The van der Waals surface area contributed by atoms with Crippen molar-refractivity contribution in [3.05, 3.63) is 42.2 Å². The van der Waals surface area contributed by atoms with Gasteiger partial charge in [-0.15, -0.1) is 0 Å². The molecule has 0 radical (unpaired) electrons. The molecule has 0 saturated heterocycles. The molecule has 0 spiro atoms. The molecule has 0 N–H and O–H groups in total. The van der Waals surface area contributed by atoms with Gasteiger partial charge in [0.25, 0.3) is 0 Å². The Morgan fingerprint density at radius 2 is 1.75 bits per heavy atom. The van der Waals surface area contributed by atoms with E-state index in [9.17, 15) is 0 Å². The van der Waals surface area contributed by atoms with Crippen LogP contribution in [-0.4, -0.2) is 29.1 Å². The average Bonchev–Trinajstić information content (AvgIpc) is 2.93. The summed E-state index contributed by atoms with van der Waals surface area (Å²) >= 11 is 0. The van der Waals surface area contributed by atoms with Gasteiger partial charge in [-0.1, -0.05) is 39.0 Å². The van der Waals surface area contributed by atoms with Gasteiger partial charge >= 0.3 is 0 Å². The zero-order chi connectivity index (χ0) is 17.1. The fraction of sp³-hybridized carbons (Fsp3) is 0.476. The van der Waals surface area contributed by atoms with Crippen LogP contribution in [0.4, 0.5) is 0 Å². The molecule has 3 rings (SSSR count). The van der Waals surface area contributed by atoms with E-state index in [1.165, 1.54) is 27.5 Å². The van der Waals surface area contributed by atoms with Crippen molar-refractivity contribution in [2.24, 2.45) is 0 Å². The molecule has 0 aliphatic rings. The first-order chi connectivity index (χ1) is 11.7. The summed E-state index contributed by atoms with van der Waals surface area (Å²) in [7, 11) is 0. The monoisotopic (exact) mass is 324 g/mol. The molecule has 2 aromatic heterocycles. The maximum absolute atomic E-state index is 2.53. The zero-order valence-electron chi connectivity index (χ0n) is 15.5. The van der Waals surface area contributed by atoms with Crippen LogP contribution in [0.5, 0.6) is 0 Å². The smallest absolute Gasteiger partial charge is 0.202 e. The molecule has 3 nitrogen and oxygen atoms in total. The minimum atomic E-state index is 1.04. The topological polar surface area (TPSA) is 12.0 Å². The van der Waals surface area contributed by atoms with E-state index >= 15 is 0 Å². The highest BCUT2D eigenvalue weighted by atomic mass is 15.1. The molecule has 0 aliphatic carbocycles. The molecule has 0 unspecified atom stereocenters. The van der Waals surface area contributed by atoms with Crippen LogP contribution in [0.25, 0.3) is 21.8 Å². The summed E-state index contributed by atoms with van der Waals surface area (Å²) in [4.78, 5) is 2.50. The number of rotatable bonds is 7. The first-order valence-corrected chi connectivity index (χ1v) is 9.33. The second kappa shape index (κ2) is 7.35. The molecule has 0 atom stereocenters. The molecule has 2 heterocycles. The second-order valence-electron chi connectivity index (χ2n) is 6.55. The molecule has 0 aliphatic heterocycles. The first kappa shape index (κ1) is 17.0. The Hall–Kier alpha value is -1.87. The molecule has 0 saturated carbocycles.